The Kier molecular flexibility index (Phi) is 6.09. The molecule has 1 heterocycles. The molecule has 2 aromatic carbocycles. The number of ether oxygens (including phenoxy) is 3. The van der Waals surface area contributed by atoms with Crippen LogP contribution in [0.3, 0.4) is 0 Å². The Balaban J connectivity index is 2.02. The standard InChI is InChI=1S/C21H22ClNO5/c1-12(2)28-18-10-16-14(8-17(18)27-11-20(25)26-3)9-19(24)23-21(16)13-4-6-15(22)7-5-13/h4-8,10,12,21H,9,11H2,1-3H3,(H,23,24)/t21-/m0/s1. The maximum absolute atomic E-state index is 12.3. The van der Waals surface area contributed by atoms with E-state index in [0.29, 0.717) is 16.5 Å². The number of methoxy groups -OCH3 is 1. The maximum Gasteiger partial charge on any atom is 0.343 e. The largest absolute Gasteiger partial charge is 0.487 e. The number of fused-ring (bicyclic) bond motifs is 1. The first kappa shape index (κ1) is 20.0. The average Bonchev–Trinajstić information content (AvgIpc) is 2.66. The summed E-state index contributed by atoms with van der Waals surface area (Å²) in [4.78, 5) is 23.7. The lowest BCUT2D eigenvalue weighted by Gasteiger charge is -2.29. The maximum atomic E-state index is 12.3. The summed E-state index contributed by atoms with van der Waals surface area (Å²) in [6, 6.07) is 10.6. The number of benzene rings is 2. The predicted molar refractivity (Wildman–Crippen MR) is 105 cm³/mol. The molecule has 0 aromatic heterocycles. The molecular formula is C21H22ClNO5. The summed E-state index contributed by atoms with van der Waals surface area (Å²) in [5.74, 6) is 0.323. The fourth-order valence-corrected chi connectivity index (χ4v) is 3.20. The summed E-state index contributed by atoms with van der Waals surface area (Å²) >= 11 is 5.99. The molecule has 1 atom stereocenters. The van der Waals surface area contributed by atoms with Gasteiger partial charge in [-0.1, -0.05) is 23.7 Å². The van der Waals surface area contributed by atoms with Crippen molar-refractivity contribution in [2.24, 2.45) is 0 Å². The van der Waals surface area contributed by atoms with Crippen LogP contribution in [0, 0.1) is 0 Å². The van der Waals surface area contributed by atoms with Crippen molar-refractivity contribution >= 4 is 23.5 Å². The van der Waals surface area contributed by atoms with Crippen molar-refractivity contribution in [3.8, 4) is 11.5 Å². The van der Waals surface area contributed by atoms with E-state index in [1.165, 1.54) is 7.11 Å². The van der Waals surface area contributed by atoms with Gasteiger partial charge in [0, 0.05) is 5.02 Å². The molecule has 7 heteroatoms. The van der Waals surface area contributed by atoms with Crippen LogP contribution in [0.1, 0.15) is 36.6 Å². The van der Waals surface area contributed by atoms with Crippen molar-refractivity contribution in [1.29, 1.82) is 0 Å². The first-order valence-corrected chi connectivity index (χ1v) is 9.33. The zero-order chi connectivity index (χ0) is 20.3. The molecule has 0 saturated carbocycles. The monoisotopic (exact) mass is 403 g/mol. The number of carbonyl (C=O) groups is 2. The molecule has 1 amide bonds. The first-order chi connectivity index (χ1) is 13.4. The number of rotatable bonds is 6. The summed E-state index contributed by atoms with van der Waals surface area (Å²) in [6.45, 7) is 3.57. The van der Waals surface area contributed by atoms with Gasteiger partial charge in [-0.15, -0.1) is 0 Å². The van der Waals surface area contributed by atoms with Crippen LogP contribution in [0.15, 0.2) is 36.4 Å². The van der Waals surface area contributed by atoms with Crippen LogP contribution in [0.5, 0.6) is 11.5 Å². The van der Waals surface area contributed by atoms with E-state index < -0.39 is 5.97 Å². The minimum absolute atomic E-state index is 0.0920. The van der Waals surface area contributed by atoms with E-state index in [1.54, 1.807) is 18.2 Å². The van der Waals surface area contributed by atoms with E-state index in [1.807, 2.05) is 32.0 Å². The van der Waals surface area contributed by atoms with Crippen LogP contribution in [0.4, 0.5) is 0 Å². The summed E-state index contributed by atoms with van der Waals surface area (Å²) in [7, 11) is 1.30. The normalized spacial score (nSPS) is 15.6. The van der Waals surface area contributed by atoms with Crippen LogP contribution in [-0.2, 0) is 20.7 Å². The number of carbonyl (C=O) groups excluding carboxylic acids is 2. The highest BCUT2D eigenvalue weighted by Gasteiger charge is 2.28. The number of amides is 1. The van der Waals surface area contributed by atoms with Gasteiger partial charge in [-0.3, -0.25) is 4.79 Å². The number of hydrogen-bond donors (Lipinski definition) is 1. The molecule has 0 aliphatic carbocycles. The van der Waals surface area contributed by atoms with Crippen LogP contribution in [0.25, 0.3) is 0 Å². The second kappa shape index (κ2) is 8.52. The van der Waals surface area contributed by atoms with Gasteiger partial charge < -0.3 is 19.5 Å². The fraction of sp³-hybridized carbons (Fsp3) is 0.333. The van der Waals surface area contributed by atoms with Crippen LogP contribution in [0.2, 0.25) is 5.02 Å². The quantitative estimate of drug-likeness (QED) is 0.748. The number of nitrogens with one attached hydrogen (secondary N) is 1. The van der Waals surface area contributed by atoms with Crippen molar-refractivity contribution in [3.63, 3.8) is 0 Å². The lowest BCUT2D eigenvalue weighted by atomic mass is 9.89. The van der Waals surface area contributed by atoms with E-state index in [9.17, 15) is 9.59 Å². The van der Waals surface area contributed by atoms with Crippen LogP contribution in [-0.4, -0.2) is 31.7 Å². The zero-order valence-corrected chi connectivity index (χ0v) is 16.7. The highest BCUT2D eigenvalue weighted by molar-refractivity contribution is 6.30. The van der Waals surface area contributed by atoms with Crippen molar-refractivity contribution in [2.45, 2.75) is 32.4 Å². The summed E-state index contributed by atoms with van der Waals surface area (Å²) in [5.41, 5.74) is 2.65. The van der Waals surface area contributed by atoms with Crippen molar-refractivity contribution in [3.05, 3.63) is 58.1 Å². The molecule has 0 fully saturated rings. The van der Waals surface area contributed by atoms with Gasteiger partial charge in [0.25, 0.3) is 0 Å². The van der Waals surface area contributed by atoms with Gasteiger partial charge in [0.05, 0.1) is 25.7 Å². The molecule has 1 aliphatic heterocycles. The molecule has 148 valence electrons. The molecule has 0 spiro atoms. The van der Waals surface area contributed by atoms with E-state index in [-0.39, 0.29) is 31.1 Å². The van der Waals surface area contributed by atoms with E-state index >= 15 is 0 Å². The lowest BCUT2D eigenvalue weighted by molar-refractivity contribution is -0.143. The van der Waals surface area contributed by atoms with Gasteiger partial charge in [0.2, 0.25) is 5.91 Å². The average molecular weight is 404 g/mol. The summed E-state index contributed by atoms with van der Waals surface area (Å²) in [5, 5.41) is 3.64. The minimum Gasteiger partial charge on any atom is -0.487 e. The molecule has 0 unspecified atom stereocenters. The van der Waals surface area contributed by atoms with Gasteiger partial charge in [-0.25, -0.2) is 4.79 Å². The van der Waals surface area contributed by atoms with Crippen molar-refractivity contribution in [2.75, 3.05) is 13.7 Å². The SMILES string of the molecule is COC(=O)COc1cc2c(cc1OC(C)C)[C@H](c1ccc(Cl)cc1)NC(=O)C2. The molecule has 0 saturated heterocycles. The Hall–Kier alpha value is -2.73. The zero-order valence-electron chi connectivity index (χ0n) is 16.0. The molecular weight excluding hydrogens is 382 g/mol. The van der Waals surface area contributed by atoms with E-state index in [0.717, 1.165) is 16.7 Å². The van der Waals surface area contributed by atoms with Gasteiger partial charge in [0.15, 0.2) is 18.1 Å². The van der Waals surface area contributed by atoms with E-state index in [4.69, 9.17) is 21.1 Å². The lowest BCUT2D eigenvalue weighted by Crippen LogP contribution is -2.36. The van der Waals surface area contributed by atoms with Gasteiger partial charge >= 0.3 is 5.97 Å². The van der Waals surface area contributed by atoms with Gasteiger partial charge in [0.1, 0.15) is 0 Å². The topological polar surface area (TPSA) is 73.9 Å². The molecule has 3 rings (SSSR count). The number of halogens is 1. The summed E-state index contributed by atoms with van der Waals surface area (Å²) < 4.78 is 16.1. The Morgan fingerprint density at radius 2 is 1.93 bits per heavy atom. The molecule has 2 aromatic rings. The fourth-order valence-electron chi connectivity index (χ4n) is 3.07. The van der Waals surface area contributed by atoms with Crippen molar-refractivity contribution in [1.82, 2.24) is 5.32 Å². The van der Waals surface area contributed by atoms with E-state index in [2.05, 4.69) is 10.1 Å². The third kappa shape index (κ3) is 4.57. The van der Waals surface area contributed by atoms with Gasteiger partial charge in [-0.2, -0.15) is 0 Å². The Morgan fingerprint density at radius 3 is 2.57 bits per heavy atom. The number of hydrogen-bond acceptors (Lipinski definition) is 5. The smallest absolute Gasteiger partial charge is 0.343 e. The molecule has 1 N–H and O–H groups in total. The Labute approximate surface area is 168 Å². The predicted octanol–water partition coefficient (Wildman–Crippen LogP) is 3.44. The third-order valence-corrected chi connectivity index (χ3v) is 4.56. The minimum atomic E-state index is -0.495. The molecule has 0 bridgehead atoms. The second-order valence-electron chi connectivity index (χ2n) is 6.76. The van der Waals surface area contributed by atoms with Gasteiger partial charge in [-0.05, 0) is 54.8 Å². The summed E-state index contributed by atoms with van der Waals surface area (Å²) in [6.07, 6.45) is 0.126. The molecule has 0 radical (unpaired) electrons. The highest BCUT2D eigenvalue weighted by atomic mass is 35.5. The Bertz CT molecular complexity index is 879. The van der Waals surface area contributed by atoms with Crippen molar-refractivity contribution < 1.29 is 23.8 Å². The highest BCUT2D eigenvalue weighted by Crippen LogP contribution is 2.38. The van der Waals surface area contributed by atoms with Crippen LogP contribution >= 0.6 is 11.6 Å². The Morgan fingerprint density at radius 1 is 1.21 bits per heavy atom. The molecule has 1 aliphatic rings. The molecule has 28 heavy (non-hydrogen) atoms. The molecule has 6 nitrogen and oxygen atoms in total. The third-order valence-electron chi connectivity index (χ3n) is 4.31. The first-order valence-electron chi connectivity index (χ1n) is 8.95. The number of esters is 1. The second-order valence-corrected chi connectivity index (χ2v) is 7.19. The van der Waals surface area contributed by atoms with Crippen LogP contribution < -0.4 is 14.8 Å².